The Bertz CT molecular complexity index is 1380. The molecule has 0 fully saturated rings. The lowest BCUT2D eigenvalue weighted by molar-refractivity contribution is -0.118. The maximum absolute atomic E-state index is 12.6. The van der Waals surface area contributed by atoms with Crippen LogP contribution in [-0.2, 0) is 9.59 Å². The van der Waals surface area contributed by atoms with Crippen LogP contribution in [0.1, 0.15) is 16.7 Å². The smallest absolute Gasteiger partial charge is 0.266 e. The minimum atomic E-state index is -0.613. The summed E-state index contributed by atoms with van der Waals surface area (Å²) in [6, 6.07) is 17.1. The number of nitrogens with zero attached hydrogens (tertiary/aromatic N) is 1. The van der Waals surface area contributed by atoms with Gasteiger partial charge in [0.25, 0.3) is 11.8 Å². The maximum atomic E-state index is 12.6. The van der Waals surface area contributed by atoms with E-state index in [2.05, 4.69) is 10.6 Å². The first-order valence-corrected chi connectivity index (χ1v) is 11.5. The number of rotatable bonds is 8. The van der Waals surface area contributed by atoms with Gasteiger partial charge in [-0.2, -0.15) is 5.26 Å². The van der Waals surface area contributed by atoms with Crippen LogP contribution in [0, 0.1) is 25.2 Å². The molecule has 7 nitrogen and oxygen atoms in total. The fraction of sp³-hybridized carbons (Fsp3) is 0.148. The third-order valence-corrected chi connectivity index (χ3v) is 5.75. The highest BCUT2D eigenvalue weighted by atomic mass is 35.5. The number of amides is 2. The zero-order valence-corrected chi connectivity index (χ0v) is 21.3. The zero-order valence-electron chi connectivity index (χ0n) is 19.8. The van der Waals surface area contributed by atoms with E-state index in [4.69, 9.17) is 32.7 Å². The van der Waals surface area contributed by atoms with Crippen molar-refractivity contribution in [2.24, 2.45) is 0 Å². The minimum absolute atomic E-state index is 0.146. The maximum Gasteiger partial charge on any atom is 0.266 e. The van der Waals surface area contributed by atoms with Crippen molar-refractivity contribution in [2.45, 2.75) is 13.8 Å². The molecule has 3 aromatic rings. The second-order valence-corrected chi connectivity index (χ2v) is 8.60. The standard InChI is InChI=1S/C27H23Cl2N3O4/c1-16-6-4-9-23(17(16)2)32-25(33)15-36-26-22(29)11-18(12-24(26)35-3)10-19(14-30)27(34)31-21-8-5-7-20(28)13-21/h4-13H,15H2,1-3H3,(H,31,34)(H,32,33)/b19-10-. The van der Waals surface area contributed by atoms with E-state index in [9.17, 15) is 14.9 Å². The first-order chi connectivity index (χ1) is 17.2. The van der Waals surface area contributed by atoms with Crippen LogP contribution in [0.2, 0.25) is 10.0 Å². The van der Waals surface area contributed by atoms with Crippen LogP contribution in [0.25, 0.3) is 6.08 Å². The van der Waals surface area contributed by atoms with Gasteiger partial charge in [0.2, 0.25) is 0 Å². The number of hydrogen-bond acceptors (Lipinski definition) is 5. The number of halogens is 2. The van der Waals surface area contributed by atoms with E-state index in [0.717, 1.165) is 11.1 Å². The highest BCUT2D eigenvalue weighted by Gasteiger charge is 2.16. The fourth-order valence-corrected chi connectivity index (χ4v) is 3.72. The number of carbonyl (C=O) groups is 2. The highest BCUT2D eigenvalue weighted by molar-refractivity contribution is 6.32. The average molecular weight is 524 g/mol. The first kappa shape index (κ1) is 26.6. The monoisotopic (exact) mass is 523 g/mol. The Kier molecular flexibility index (Phi) is 8.96. The third-order valence-electron chi connectivity index (χ3n) is 5.24. The molecule has 0 heterocycles. The van der Waals surface area contributed by atoms with Crippen LogP contribution in [0.4, 0.5) is 11.4 Å². The third kappa shape index (κ3) is 6.79. The molecule has 3 aromatic carbocycles. The molecule has 0 saturated heterocycles. The summed E-state index contributed by atoms with van der Waals surface area (Å²) in [4.78, 5) is 25.0. The molecule has 0 atom stereocenters. The molecule has 9 heteroatoms. The van der Waals surface area contributed by atoms with E-state index < -0.39 is 5.91 Å². The summed E-state index contributed by atoms with van der Waals surface area (Å²) in [6.45, 7) is 3.58. The van der Waals surface area contributed by atoms with Crippen LogP contribution in [0.3, 0.4) is 0 Å². The zero-order chi connectivity index (χ0) is 26.2. The molecular weight excluding hydrogens is 501 g/mol. The summed E-state index contributed by atoms with van der Waals surface area (Å²) >= 11 is 12.3. The van der Waals surface area contributed by atoms with Gasteiger partial charge in [-0.25, -0.2) is 0 Å². The fourth-order valence-electron chi connectivity index (χ4n) is 3.25. The normalized spacial score (nSPS) is 10.8. The molecule has 0 aliphatic carbocycles. The second-order valence-electron chi connectivity index (χ2n) is 7.75. The minimum Gasteiger partial charge on any atom is -0.493 e. The van der Waals surface area contributed by atoms with E-state index in [0.29, 0.717) is 22.0 Å². The number of aryl methyl sites for hydroxylation is 1. The largest absolute Gasteiger partial charge is 0.493 e. The van der Waals surface area contributed by atoms with Crippen LogP contribution in [0.15, 0.2) is 60.2 Å². The summed E-state index contributed by atoms with van der Waals surface area (Å²) in [7, 11) is 1.42. The van der Waals surface area contributed by atoms with Gasteiger partial charge in [0, 0.05) is 16.4 Å². The summed E-state index contributed by atoms with van der Waals surface area (Å²) < 4.78 is 11.0. The van der Waals surface area contributed by atoms with Crippen molar-refractivity contribution < 1.29 is 19.1 Å². The van der Waals surface area contributed by atoms with Crippen molar-refractivity contribution in [1.82, 2.24) is 0 Å². The molecule has 0 aromatic heterocycles. The quantitative estimate of drug-likeness (QED) is 0.271. The molecule has 0 radical (unpaired) electrons. The Labute approximate surface area is 219 Å². The number of ether oxygens (including phenoxy) is 2. The van der Waals surface area contributed by atoms with Crippen molar-refractivity contribution in [1.29, 1.82) is 5.26 Å². The molecule has 184 valence electrons. The lowest BCUT2D eigenvalue weighted by Crippen LogP contribution is -2.21. The number of nitrogens with one attached hydrogen (secondary N) is 2. The number of hydrogen-bond donors (Lipinski definition) is 2. The van der Waals surface area contributed by atoms with Crippen LogP contribution in [-0.4, -0.2) is 25.5 Å². The van der Waals surface area contributed by atoms with Crippen LogP contribution in [0.5, 0.6) is 11.5 Å². The molecule has 0 aliphatic rings. The summed E-state index contributed by atoms with van der Waals surface area (Å²) in [5.41, 5.74) is 3.44. The number of anilines is 2. The Balaban J connectivity index is 1.75. The predicted molar refractivity (Wildman–Crippen MR) is 142 cm³/mol. The average Bonchev–Trinajstić information content (AvgIpc) is 2.84. The van der Waals surface area contributed by atoms with E-state index in [1.807, 2.05) is 38.1 Å². The van der Waals surface area contributed by atoms with E-state index in [1.165, 1.54) is 19.3 Å². The van der Waals surface area contributed by atoms with Gasteiger partial charge < -0.3 is 20.1 Å². The topological polar surface area (TPSA) is 100 Å². The Hall–Kier alpha value is -3.99. The van der Waals surface area contributed by atoms with Crippen LogP contribution < -0.4 is 20.1 Å². The van der Waals surface area contributed by atoms with Gasteiger partial charge in [-0.05, 0) is 73.0 Å². The van der Waals surface area contributed by atoms with Gasteiger partial charge in [-0.1, -0.05) is 41.4 Å². The van der Waals surface area contributed by atoms with Gasteiger partial charge in [0.15, 0.2) is 18.1 Å². The van der Waals surface area contributed by atoms with E-state index >= 15 is 0 Å². The Morgan fingerprint density at radius 2 is 1.81 bits per heavy atom. The molecule has 36 heavy (non-hydrogen) atoms. The van der Waals surface area contributed by atoms with Gasteiger partial charge >= 0.3 is 0 Å². The molecular formula is C27H23Cl2N3O4. The number of methoxy groups -OCH3 is 1. The lowest BCUT2D eigenvalue weighted by Gasteiger charge is -2.14. The Morgan fingerprint density at radius 3 is 2.50 bits per heavy atom. The molecule has 2 amide bonds. The first-order valence-electron chi connectivity index (χ1n) is 10.8. The summed E-state index contributed by atoms with van der Waals surface area (Å²) in [6.07, 6.45) is 1.37. The van der Waals surface area contributed by atoms with Gasteiger partial charge in [-0.3, -0.25) is 9.59 Å². The lowest BCUT2D eigenvalue weighted by atomic mass is 10.1. The van der Waals surface area contributed by atoms with Crippen molar-refractivity contribution in [3.63, 3.8) is 0 Å². The summed E-state index contributed by atoms with van der Waals surface area (Å²) in [5, 5.41) is 15.5. The highest BCUT2D eigenvalue weighted by Crippen LogP contribution is 2.37. The van der Waals surface area contributed by atoms with Gasteiger partial charge in [-0.15, -0.1) is 0 Å². The number of carbonyl (C=O) groups excluding carboxylic acids is 2. The van der Waals surface area contributed by atoms with Gasteiger partial charge in [0.1, 0.15) is 11.6 Å². The van der Waals surface area contributed by atoms with Crippen molar-refractivity contribution in [2.75, 3.05) is 24.4 Å². The number of benzene rings is 3. The molecule has 0 spiro atoms. The Morgan fingerprint density at radius 1 is 1.06 bits per heavy atom. The molecule has 0 bridgehead atoms. The van der Waals surface area contributed by atoms with E-state index in [1.54, 1.807) is 30.3 Å². The SMILES string of the molecule is COc1cc(/C=C(/C#N)C(=O)Nc2cccc(Cl)c2)cc(Cl)c1OCC(=O)Nc1cccc(C)c1C. The summed E-state index contributed by atoms with van der Waals surface area (Å²) in [5.74, 6) is -0.580. The molecule has 0 aliphatic heterocycles. The van der Waals surface area contributed by atoms with Gasteiger partial charge in [0.05, 0.1) is 12.1 Å². The molecule has 0 unspecified atom stereocenters. The van der Waals surface area contributed by atoms with E-state index in [-0.39, 0.29) is 34.6 Å². The molecule has 0 saturated carbocycles. The van der Waals surface area contributed by atoms with Crippen molar-refractivity contribution in [3.8, 4) is 17.6 Å². The number of nitriles is 1. The second kappa shape index (κ2) is 12.1. The van der Waals surface area contributed by atoms with Crippen molar-refractivity contribution in [3.05, 3.63) is 86.9 Å². The predicted octanol–water partition coefficient (Wildman–Crippen LogP) is 6.18. The molecule has 2 N–H and O–H groups in total. The van der Waals surface area contributed by atoms with Crippen LogP contribution >= 0.6 is 23.2 Å². The molecule has 3 rings (SSSR count). The van der Waals surface area contributed by atoms with Crippen molar-refractivity contribution >= 4 is 52.5 Å².